The molecule has 26 heavy (non-hydrogen) atoms. The van der Waals surface area contributed by atoms with Gasteiger partial charge in [0.1, 0.15) is 11.9 Å². The van der Waals surface area contributed by atoms with E-state index in [1.807, 2.05) is 37.4 Å². The highest BCUT2D eigenvalue weighted by molar-refractivity contribution is 14.0. The summed E-state index contributed by atoms with van der Waals surface area (Å²) >= 11 is 0. The van der Waals surface area contributed by atoms with Crippen LogP contribution in [0.1, 0.15) is 24.0 Å². The van der Waals surface area contributed by atoms with Crippen LogP contribution in [0.25, 0.3) is 0 Å². The molecule has 0 bridgehead atoms. The molecule has 0 amide bonds. The number of benzene rings is 2. The summed E-state index contributed by atoms with van der Waals surface area (Å²) in [5, 5.41) is 3.50. The van der Waals surface area contributed by atoms with Crippen LogP contribution in [0.3, 0.4) is 0 Å². The molecule has 0 radical (unpaired) electrons. The van der Waals surface area contributed by atoms with Gasteiger partial charge in [-0.3, -0.25) is 4.99 Å². The molecule has 3 rings (SSSR count). The van der Waals surface area contributed by atoms with Gasteiger partial charge in [-0.1, -0.05) is 42.5 Å². The molecule has 1 aliphatic heterocycles. The molecule has 2 aromatic rings. The average Bonchev–Trinajstić information content (AvgIpc) is 2.66. The van der Waals surface area contributed by atoms with Crippen molar-refractivity contribution < 1.29 is 4.74 Å². The number of para-hydroxylation sites is 1. The maximum Gasteiger partial charge on any atom is 0.193 e. The van der Waals surface area contributed by atoms with E-state index in [1.54, 1.807) is 0 Å². The number of halogens is 1. The van der Waals surface area contributed by atoms with Crippen LogP contribution >= 0.6 is 24.0 Å². The fourth-order valence-electron chi connectivity index (χ4n) is 3.19. The fraction of sp³-hybridized carbons (Fsp3) is 0.381. The Bertz CT molecular complexity index is 697. The fourth-order valence-corrected chi connectivity index (χ4v) is 3.19. The number of piperidine rings is 1. The minimum atomic E-state index is 0. The monoisotopic (exact) mass is 465 g/mol. The van der Waals surface area contributed by atoms with Crippen LogP contribution < -0.4 is 10.1 Å². The zero-order valence-corrected chi connectivity index (χ0v) is 17.9. The number of hydrogen-bond acceptors (Lipinski definition) is 2. The van der Waals surface area contributed by atoms with E-state index in [4.69, 9.17) is 4.74 Å². The van der Waals surface area contributed by atoms with E-state index in [1.165, 1.54) is 11.1 Å². The molecule has 1 aliphatic rings. The maximum absolute atomic E-state index is 6.08. The summed E-state index contributed by atoms with van der Waals surface area (Å²) in [5.74, 6) is 1.93. The molecule has 5 heteroatoms. The van der Waals surface area contributed by atoms with Gasteiger partial charge < -0.3 is 15.0 Å². The Hall–Kier alpha value is -1.76. The van der Waals surface area contributed by atoms with Gasteiger partial charge in [0.25, 0.3) is 0 Å². The van der Waals surface area contributed by atoms with Gasteiger partial charge in [-0.15, -0.1) is 24.0 Å². The Kier molecular flexibility index (Phi) is 8.22. The molecule has 0 aromatic heterocycles. The predicted molar refractivity (Wildman–Crippen MR) is 118 cm³/mol. The third kappa shape index (κ3) is 5.62. The van der Waals surface area contributed by atoms with Crippen molar-refractivity contribution in [3.8, 4) is 5.75 Å². The molecule has 1 N–H and O–H groups in total. The lowest BCUT2D eigenvalue weighted by molar-refractivity contribution is 0.129. The number of guanidine groups is 1. The van der Waals surface area contributed by atoms with Crippen molar-refractivity contribution in [1.82, 2.24) is 10.2 Å². The van der Waals surface area contributed by atoms with Gasteiger partial charge in [0.2, 0.25) is 0 Å². The number of likely N-dealkylation sites (tertiary alicyclic amines) is 1. The first-order valence-corrected chi connectivity index (χ1v) is 8.98. The van der Waals surface area contributed by atoms with E-state index in [9.17, 15) is 0 Å². The average molecular weight is 465 g/mol. The number of ether oxygens (including phenoxy) is 1. The Morgan fingerprint density at radius 3 is 2.38 bits per heavy atom. The Balaban J connectivity index is 0.00000243. The van der Waals surface area contributed by atoms with Crippen LogP contribution in [0.5, 0.6) is 5.75 Å². The number of nitrogens with zero attached hydrogens (tertiary/aromatic N) is 2. The maximum atomic E-state index is 6.08. The Morgan fingerprint density at radius 2 is 1.73 bits per heavy atom. The van der Waals surface area contributed by atoms with E-state index in [0.29, 0.717) is 0 Å². The molecule has 1 heterocycles. The molecule has 0 unspecified atom stereocenters. The lowest BCUT2D eigenvalue weighted by Gasteiger charge is -2.34. The zero-order valence-electron chi connectivity index (χ0n) is 15.5. The van der Waals surface area contributed by atoms with Crippen molar-refractivity contribution >= 4 is 29.9 Å². The number of aliphatic imine (C=N–C) groups is 1. The molecule has 0 atom stereocenters. The molecule has 0 aliphatic carbocycles. The van der Waals surface area contributed by atoms with Crippen molar-refractivity contribution in [1.29, 1.82) is 0 Å². The van der Waals surface area contributed by atoms with Crippen molar-refractivity contribution in [3.05, 3.63) is 65.7 Å². The van der Waals surface area contributed by atoms with Gasteiger partial charge in [-0.25, -0.2) is 0 Å². The first kappa shape index (κ1) is 20.6. The number of aryl methyl sites for hydroxylation is 1. The first-order valence-electron chi connectivity index (χ1n) is 8.98. The second-order valence-electron chi connectivity index (χ2n) is 6.44. The summed E-state index contributed by atoms with van der Waals surface area (Å²) in [4.78, 5) is 6.78. The lowest BCUT2D eigenvalue weighted by Crippen LogP contribution is -2.47. The quantitative estimate of drug-likeness (QED) is 0.417. The largest absolute Gasteiger partial charge is 0.490 e. The van der Waals surface area contributed by atoms with Crippen LogP contribution in [0, 0.1) is 6.92 Å². The topological polar surface area (TPSA) is 36.9 Å². The lowest BCUT2D eigenvalue weighted by atomic mass is 10.1. The predicted octanol–water partition coefficient (Wildman–Crippen LogP) is 4.23. The summed E-state index contributed by atoms with van der Waals surface area (Å²) in [6, 6.07) is 18.6. The third-order valence-electron chi connectivity index (χ3n) is 4.70. The molecule has 0 spiro atoms. The van der Waals surface area contributed by atoms with E-state index < -0.39 is 0 Å². The van der Waals surface area contributed by atoms with Crippen LogP contribution in [0.2, 0.25) is 0 Å². The van der Waals surface area contributed by atoms with Gasteiger partial charge in [-0.05, 0) is 30.2 Å². The first-order chi connectivity index (χ1) is 12.3. The van der Waals surface area contributed by atoms with Crippen LogP contribution in [-0.4, -0.2) is 37.1 Å². The molecule has 4 nitrogen and oxygen atoms in total. The van der Waals surface area contributed by atoms with Gasteiger partial charge in [0.05, 0.1) is 0 Å². The zero-order chi connectivity index (χ0) is 17.5. The van der Waals surface area contributed by atoms with Gasteiger partial charge >= 0.3 is 0 Å². The van der Waals surface area contributed by atoms with E-state index >= 15 is 0 Å². The second kappa shape index (κ2) is 10.4. The standard InChI is InChI=1S/C21H27N3O.HI/c1-17-8-6-7-9-18(17)16-23-21(22-2)24-14-12-20(13-15-24)25-19-10-4-3-5-11-19;/h3-11,20H,12-16H2,1-2H3,(H,22,23);1H. The smallest absolute Gasteiger partial charge is 0.193 e. The van der Waals surface area contributed by atoms with Crippen molar-refractivity contribution in [2.45, 2.75) is 32.4 Å². The Labute approximate surface area is 173 Å². The van der Waals surface area contributed by atoms with Crippen molar-refractivity contribution in [2.24, 2.45) is 4.99 Å². The highest BCUT2D eigenvalue weighted by atomic mass is 127. The minimum Gasteiger partial charge on any atom is -0.490 e. The SMILES string of the molecule is CN=C(NCc1ccccc1C)N1CCC(Oc2ccccc2)CC1.I. The molecular weight excluding hydrogens is 437 g/mol. The Morgan fingerprint density at radius 1 is 1.08 bits per heavy atom. The summed E-state index contributed by atoms with van der Waals surface area (Å²) in [7, 11) is 1.85. The minimum absolute atomic E-state index is 0. The molecule has 2 aromatic carbocycles. The molecule has 1 fully saturated rings. The number of hydrogen-bond donors (Lipinski definition) is 1. The van der Waals surface area contributed by atoms with Crippen LogP contribution in [0.4, 0.5) is 0 Å². The summed E-state index contributed by atoms with van der Waals surface area (Å²) in [6.45, 7) is 4.88. The second-order valence-corrected chi connectivity index (χ2v) is 6.44. The molecule has 1 saturated heterocycles. The van der Waals surface area contributed by atoms with Crippen molar-refractivity contribution in [2.75, 3.05) is 20.1 Å². The van der Waals surface area contributed by atoms with Gasteiger partial charge in [0.15, 0.2) is 5.96 Å². The van der Waals surface area contributed by atoms with E-state index in [-0.39, 0.29) is 30.1 Å². The molecule has 140 valence electrons. The summed E-state index contributed by atoms with van der Waals surface area (Å²) in [5.41, 5.74) is 2.62. The summed E-state index contributed by atoms with van der Waals surface area (Å²) in [6.07, 6.45) is 2.31. The van der Waals surface area contributed by atoms with Gasteiger partial charge in [0, 0.05) is 39.5 Å². The van der Waals surface area contributed by atoms with E-state index in [0.717, 1.165) is 44.2 Å². The van der Waals surface area contributed by atoms with E-state index in [2.05, 4.69) is 46.4 Å². The van der Waals surface area contributed by atoms with Crippen molar-refractivity contribution in [3.63, 3.8) is 0 Å². The highest BCUT2D eigenvalue weighted by Gasteiger charge is 2.22. The normalized spacial score (nSPS) is 15.3. The van der Waals surface area contributed by atoms with Crippen LogP contribution in [-0.2, 0) is 6.54 Å². The molecular formula is C21H28IN3O. The highest BCUT2D eigenvalue weighted by Crippen LogP contribution is 2.18. The third-order valence-corrected chi connectivity index (χ3v) is 4.70. The van der Waals surface area contributed by atoms with Crippen LogP contribution in [0.15, 0.2) is 59.6 Å². The van der Waals surface area contributed by atoms with Gasteiger partial charge in [-0.2, -0.15) is 0 Å². The number of nitrogens with one attached hydrogen (secondary N) is 1. The summed E-state index contributed by atoms with van der Waals surface area (Å²) < 4.78 is 6.08. The molecule has 0 saturated carbocycles. The number of rotatable bonds is 4.